The summed E-state index contributed by atoms with van der Waals surface area (Å²) >= 11 is 4.60. The van der Waals surface area contributed by atoms with Crippen LogP contribution >= 0.6 is 27.7 Å². The van der Waals surface area contributed by atoms with E-state index in [-0.39, 0.29) is 22.8 Å². The maximum atomic E-state index is 12.3. The zero-order valence-corrected chi connectivity index (χ0v) is 17.6. The predicted octanol–water partition coefficient (Wildman–Crippen LogP) is 4.53. The summed E-state index contributed by atoms with van der Waals surface area (Å²) in [6.45, 7) is 2.09. The van der Waals surface area contributed by atoms with E-state index in [1.54, 1.807) is 12.1 Å². The number of methoxy groups -OCH3 is 1. The third kappa shape index (κ3) is 4.48. The number of carbonyl (C=O) groups excluding carboxylic acids is 1. The van der Waals surface area contributed by atoms with Crippen molar-refractivity contribution < 1.29 is 14.5 Å². The Balaban J connectivity index is 1.79. The van der Waals surface area contributed by atoms with Gasteiger partial charge in [-0.15, -0.1) is 0 Å². The molecule has 2 N–H and O–H groups in total. The van der Waals surface area contributed by atoms with Crippen LogP contribution in [0.15, 0.2) is 45.8 Å². The molecule has 0 aliphatic carbocycles. The summed E-state index contributed by atoms with van der Waals surface area (Å²) in [5.41, 5.74) is 2.19. The van der Waals surface area contributed by atoms with Crippen molar-refractivity contribution >= 4 is 51.0 Å². The highest BCUT2D eigenvalue weighted by molar-refractivity contribution is 9.10. The van der Waals surface area contributed by atoms with Gasteiger partial charge in [0.1, 0.15) is 0 Å². The van der Waals surface area contributed by atoms with E-state index in [0.717, 1.165) is 12.1 Å². The van der Waals surface area contributed by atoms with Crippen molar-refractivity contribution in [2.45, 2.75) is 18.8 Å². The standard InChI is InChI=1S/C19H18BrN3O4S/c1-3-11-4-6-13(7-5-11)21-19-22-18(24)16(28-19)10-12-8-14(20)17(27-2)15(9-12)23(25)26/h4-10,19,21H,3H2,1-2H3,(H,22,24)/b16-10-/t19-/m1/s1. The van der Waals surface area contributed by atoms with Crippen LogP contribution in [0.1, 0.15) is 18.1 Å². The Hall–Kier alpha value is -2.52. The topological polar surface area (TPSA) is 93.5 Å². The lowest BCUT2D eigenvalue weighted by molar-refractivity contribution is -0.385. The Labute approximate surface area is 174 Å². The van der Waals surface area contributed by atoms with Gasteiger partial charge in [-0.2, -0.15) is 0 Å². The molecule has 0 radical (unpaired) electrons. The van der Waals surface area contributed by atoms with E-state index < -0.39 is 4.92 Å². The summed E-state index contributed by atoms with van der Waals surface area (Å²) in [6, 6.07) is 11.1. The van der Waals surface area contributed by atoms with Crippen LogP contribution in [-0.4, -0.2) is 23.4 Å². The number of hydrogen-bond acceptors (Lipinski definition) is 6. The molecule has 1 amide bonds. The van der Waals surface area contributed by atoms with Gasteiger partial charge >= 0.3 is 5.69 Å². The molecule has 0 unspecified atom stereocenters. The maximum absolute atomic E-state index is 12.3. The molecule has 7 nitrogen and oxygen atoms in total. The van der Waals surface area contributed by atoms with Crippen LogP contribution in [0.25, 0.3) is 6.08 Å². The molecule has 1 aliphatic heterocycles. The average Bonchev–Trinajstić information content (AvgIpc) is 3.00. The Kier molecular flexibility index (Phi) is 6.25. The summed E-state index contributed by atoms with van der Waals surface area (Å²) in [6.07, 6.45) is 2.59. The summed E-state index contributed by atoms with van der Waals surface area (Å²) in [5.74, 6) is -0.0898. The Morgan fingerprint density at radius 2 is 2.07 bits per heavy atom. The fourth-order valence-electron chi connectivity index (χ4n) is 2.73. The number of rotatable bonds is 6. The molecule has 2 aromatic rings. The molecule has 3 rings (SSSR count). The van der Waals surface area contributed by atoms with Gasteiger partial charge in [0, 0.05) is 11.8 Å². The number of nitrogens with zero attached hydrogens (tertiary/aromatic N) is 1. The minimum atomic E-state index is -0.516. The number of hydrogen-bond donors (Lipinski definition) is 2. The van der Waals surface area contributed by atoms with Gasteiger partial charge in [0.05, 0.1) is 21.4 Å². The molecule has 1 atom stereocenters. The highest BCUT2D eigenvalue weighted by Gasteiger charge is 2.28. The normalized spacial score (nSPS) is 17.5. The predicted molar refractivity (Wildman–Crippen MR) is 114 cm³/mol. The molecule has 146 valence electrons. The highest BCUT2D eigenvalue weighted by atomic mass is 79.9. The minimum absolute atomic E-state index is 0.144. The number of nitro benzene ring substituents is 1. The van der Waals surface area contributed by atoms with Crippen molar-refractivity contribution in [1.29, 1.82) is 0 Å². The second kappa shape index (κ2) is 8.66. The van der Waals surface area contributed by atoms with Crippen LogP contribution in [0, 0.1) is 10.1 Å². The monoisotopic (exact) mass is 463 g/mol. The summed E-state index contributed by atoms with van der Waals surface area (Å²) in [4.78, 5) is 23.5. The van der Waals surface area contributed by atoms with E-state index in [9.17, 15) is 14.9 Å². The second-order valence-corrected chi connectivity index (χ2v) is 7.99. The summed E-state index contributed by atoms with van der Waals surface area (Å²) < 4.78 is 5.53. The number of ether oxygens (including phenoxy) is 1. The van der Waals surface area contributed by atoms with Crippen LogP contribution in [0.2, 0.25) is 0 Å². The molecular weight excluding hydrogens is 446 g/mol. The number of nitrogens with one attached hydrogen (secondary N) is 2. The third-order valence-electron chi connectivity index (χ3n) is 4.14. The van der Waals surface area contributed by atoms with Gasteiger partial charge in [0.2, 0.25) is 5.75 Å². The molecule has 0 saturated carbocycles. The van der Waals surface area contributed by atoms with Gasteiger partial charge in [-0.1, -0.05) is 30.8 Å². The molecule has 0 spiro atoms. The van der Waals surface area contributed by atoms with Crippen molar-refractivity contribution in [3.63, 3.8) is 0 Å². The van der Waals surface area contributed by atoms with E-state index in [1.165, 1.54) is 30.5 Å². The lowest BCUT2D eigenvalue weighted by Gasteiger charge is -2.12. The maximum Gasteiger partial charge on any atom is 0.312 e. The summed E-state index contributed by atoms with van der Waals surface area (Å²) in [5, 5.41) is 17.4. The van der Waals surface area contributed by atoms with Crippen molar-refractivity contribution in [3.05, 3.63) is 67.0 Å². The van der Waals surface area contributed by atoms with E-state index in [2.05, 4.69) is 33.5 Å². The lowest BCUT2D eigenvalue weighted by atomic mass is 10.1. The average molecular weight is 464 g/mol. The van der Waals surface area contributed by atoms with Crippen molar-refractivity contribution in [2.75, 3.05) is 12.4 Å². The minimum Gasteiger partial charge on any atom is -0.489 e. The number of nitro groups is 1. The van der Waals surface area contributed by atoms with Crippen LogP contribution < -0.4 is 15.4 Å². The number of anilines is 1. The summed E-state index contributed by atoms with van der Waals surface area (Å²) in [7, 11) is 1.37. The second-order valence-electron chi connectivity index (χ2n) is 5.99. The van der Waals surface area contributed by atoms with Crippen LogP contribution in [0.5, 0.6) is 5.75 Å². The van der Waals surface area contributed by atoms with Crippen LogP contribution in [0.4, 0.5) is 11.4 Å². The number of thioether (sulfide) groups is 1. The zero-order chi connectivity index (χ0) is 20.3. The van der Waals surface area contributed by atoms with Gasteiger partial charge in [0.15, 0.2) is 5.50 Å². The van der Waals surface area contributed by atoms with Gasteiger partial charge in [0.25, 0.3) is 5.91 Å². The first-order valence-electron chi connectivity index (χ1n) is 8.48. The molecule has 1 fully saturated rings. The number of aryl methyl sites for hydroxylation is 1. The molecule has 28 heavy (non-hydrogen) atoms. The van der Waals surface area contributed by atoms with Crippen LogP contribution in [-0.2, 0) is 11.2 Å². The van der Waals surface area contributed by atoms with Gasteiger partial charge in [-0.05, 0) is 57.8 Å². The number of benzene rings is 2. The molecule has 1 aliphatic rings. The Morgan fingerprint density at radius 3 is 2.68 bits per heavy atom. The van der Waals surface area contributed by atoms with Crippen molar-refractivity contribution in [3.8, 4) is 5.75 Å². The number of halogens is 1. The quantitative estimate of drug-likeness (QED) is 0.371. The van der Waals surface area contributed by atoms with Crippen molar-refractivity contribution in [1.82, 2.24) is 5.32 Å². The first-order valence-corrected chi connectivity index (χ1v) is 10.1. The zero-order valence-electron chi connectivity index (χ0n) is 15.2. The van der Waals surface area contributed by atoms with Crippen LogP contribution in [0.3, 0.4) is 0 Å². The Morgan fingerprint density at radius 1 is 1.36 bits per heavy atom. The van der Waals surface area contributed by atoms with Gasteiger partial charge in [-0.3, -0.25) is 14.9 Å². The van der Waals surface area contributed by atoms with Crippen molar-refractivity contribution in [2.24, 2.45) is 0 Å². The SMILES string of the molecule is CCc1ccc(N[C@@H]2NC(=O)/C(=C/c3cc(Br)c(OC)c([N+](=O)[O-])c3)S2)cc1. The van der Waals surface area contributed by atoms with E-state index in [4.69, 9.17) is 4.74 Å². The first-order chi connectivity index (χ1) is 13.4. The highest BCUT2D eigenvalue weighted by Crippen LogP contribution is 2.38. The number of amides is 1. The fourth-order valence-corrected chi connectivity index (χ4v) is 4.34. The third-order valence-corrected chi connectivity index (χ3v) is 5.75. The van der Waals surface area contributed by atoms with E-state index >= 15 is 0 Å². The lowest BCUT2D eigenvalue weighted by Crippen LogP contribution is -2.30. The smallest absolute Gasteiger partial charge is 0.312 e. The van der Waals surface area contributed by atoms with E-state index in [1.807, 2.05) is 24.3 Å². The van der Waals surface area contributed by atoms with E-state index in [0.29, 0.717) is 14.9 Å². The molecule has 0 bridgehead atoms. The molecule has 1 saturated heterocycles. The Bertz CT molecular complexity index is 947. The van der Waals surface area contributed by atoms with Gasteiger partial charge < -0.3 is 15.4 Å². The molecule has 0 aromatic heterocycles. The largest absolute Gasteiger partial charge is 0.489 e. The van der Waals surface area contributed by atoms with Gasteiger partial charge in [-0.25, -0.2) is 0 Å². The first kappa shape index (κ1) is 20.2. The molecule has 9 heteroatoms. The molecular formula is C19H18BrN3O4S. The molecule has 1 heterocycles. The molecule has 2 aromatic carbocycles. The number of carbonyl (C=O) groups is 1. The fraction of sp³-hybridized carbons (Fsp3) is 0.211.